The molecule has 3 amide bonds. The number of hydrogen-bond acceptors (Lipinski definition) is 5. The quantitative estimate of drug-likeness (QED) is 0.364. The summed E-state index contributed by atoms with van der Waals surface area (Å²) in [4.78, 5) is 35.2. The number of anilines is 1. The third-order valence-corrected chi connectivity index (χ3v) is 7.93. The normalized spacial score (nSPS) is 13.8. The molecule has 9 heteroatoms. The highest BCUT2D eigenvalue weighted by molar-refractivity contribution is 7.11. The van der Waals surface area contributed by atoms with Gasteiger partial charge < -0.3 is 19.9 Å². The van der Waals surface area contributed by atoms with Crippen LogP contribution in [0.15, 0.2) is 60.7 Å². The van der Waals surface area contributed by atoms with Crippen molar-refractivity contribution in [2.75, 3.05) is 51.3 Å². The smallest absolute Gasteiger partial charge is 0.322 e. The largest absolute Gasteiger partial charge is 0.379 e. The number of nitrogens with zero attached hydrogens (tertiary/aromatic N) is 3. The molecule has 1 saturated heterocycles. The van der Waals surface area contributed by atoms with Crippen molar-refractivity contribution < 1.29 is 14.3 Å². The van der Waals surface area contributed by atoms with Crippen molar-refractivity contribution in [3.05, 3.63) is 86.6 Å². The van der Waals surface area contributed by atoms with E-state index in [1.54, 1.807) is 22.3 Å². The summed E-state index contributed by atoms with van der Waals surface area (Å²) in [5, 5.41) is 3.52. The van der Waals surface area contributed by atoms with Crippen LogP contribution in [0.4, 0.5) is 10.5 Å². The molecule has 0 atom stereocenters. The van der Waals surface area contributed by atoms with Crippen molar-refractivity contribution in [3.8, 4) is 0 Å². The highest BCUT2D eigenvalue weighted by Crippen LogP contribution is 2.21. The first-order valence-corrected chi connectivity index (χ1v) is 14.1. The maximum Gasteiger partial charge on any atom is 0.322 e. The second-order valence-corrected chi connectivity index (χ2v) is 11.3. The molecule has 0 spiro atoms. The molecule has 3 aromatic rings. The fourth-order valence-corrected chi connectivity index (χ4v) is 5.36. The van der Waals surface area contributed by atoms with Crippen LogP contribution in [-0.2, 0) is 22.6 Å². The summed E-state index contributed by atoms with van der Waals surface area (Å²) in [7, 11) is 0. The van der Waals surface area contributed by atoms with Gasteiger partial charge in [0.2, 0.25) is 5.91 Å². The Bertz CT molecular complexity index is 1210. The van der Waals surface area contributed by atoms with Gasteiger partial charge in [0.05, 0.1) is 19.8 Å². The van der Waals surface area contributed by atoms with Crippen LogP contribution in [0.2, 0.25) is 5.02 Å². The number of nitrogens with one attached hydrogen (secondary N) is 1. The molecule has 1 aliphatic rings. The lowest BCUT2D eigenvalue weighted by Gasteiger charge is -2.31. The number of thiophene rings is 1. The van der Waals surface area contributed by atoms with E-state index in [1.165, 1.54) is 4.88 Å². The Morgan fingerprint density at radius 1 is 1.00 bits per heavy atom. The van der Waals surface area contributed by atoms with Crippen LogP contribution in [-0.4, -0.2) is 72.6 Å². The van der Waals surface area contributed by atoms with Crippen molar-refractivity contribution in [2.45, 2.75) is 26.9 Å². The molecule has 2 aromatic carbocycles. The Morgan fingerprint density at radius 2 is 1.76 bits per heavy atom. The predicted octanol–water partition coefficient (Wildman–Crippen LogP) is 5.41. The minimum atomic E-state index is -0.321. The topological polar surface area (TPSA) is 65.1 Å². The number of benzene rings is 2. The number of rotatable bonds is 10. The van der Waals surface area contributed by atoms with Gasteiger partial charge >= 0.3 is 6.03 Å². The number of halogens is 1. The number of aryl methyl sites for hydroxylation is 2. The SMILES string of the molecule is Cc1ccc(CN(Cc2ccccc2)C(=O)CN(CCN2CCOCC2)C(=O)Nc2ccc(C)c(Cl)c2)s1. The van der Waals surface area contributed by atoms with E-state index in [-0.39, 0.29) is 18.5 Å². The number of morpholine rings is 1. The lowest BCUT2D eigenvalue weighted by atomic mass is 10.2. The summed E-state index contributed by atoms with van der Waals surface area (Å²) in [6, 6.07) is 19.2. The van der Waals surface area contributed by atoms with Crippen LogP contribution >= 0.6 is 22.9 Å². The lowest BCUT2D eigenvalue weighted by Crippen LogP contribution is -2.48. The average molecular weight is 555 g/mol. The number of urea groups is 1. The molecule has 1 N–H and O–H groups in total. The third-order valence-electron chi connectivity index (χ3n) is 6.54. The van der Waals surface area contributed by atoms with Gasteiger partial charge in [-0.05, 0) is 49.2 Å². The molecular weight excluding hydrogens is 520 g/mol. The first-order chi connectivity index (χ1) is 18.4. The van der Waals surface area contributed by atoms with Gasteiger partial charge in [0.25, 0.3) is 0 Å². The van der Waals surface area contributed by atoms with E-state index in [0.29, 0.717) is 50.1 Å². The number of carbonyl (C=O) groups excluding carboxylic acids is 2. The highest BCUT2D eigenvalue weighted by atomic mass is 35.5. The molecule has 0 bridgehead atoms. The van der Waals surface area contributed by atoms with Gasteiger partial charge in [-0.3, -0.25) is 9.69 Å². The van der Waals surface area contributed by atoms with Gasteiger partial charge in [0.15, 0.2) is 0 Å². The van der Waals surface area contributed by atoms with E-state index in [2.05, 4.69) is 29.3 Å². The third kappa shape index (κ3) is 8.30. The molecule has 0 saturated carbocycles. The van der Waals surface area contributed by atoms with Crippen LogP contribution in [0.3, 0.4) is 0 Å². The molecule has 1 aromatic heterocycles. The number of hydrogen-bond donors (Lipinski definition) is 1. The van der Waals surface area contributed by atoms with Crippen LogP contribution in [0.25, 0.3) is 0 Å². The van der Waals surface area contributed by atoms with Crippen molar-refractivity contribution in [1.82, 2.24) is 14.7 Å². The fourth-order valence-electron chi connectivity index (χ4n) is 4.27. The summed E-state index contributed by atoms with van der Waals surface area (Å²) >= 11 is 7.96. The zero-order valence-corrected chi connectivity index (χ0v) is 23.6. The Morgan fingerprint density at radius 3 is 2.45 bits per heavy atom. The average Bonchev–Trinajstić information content (AvgIpc) is 3.33. The molecule has 1 aliphatic heterocycles. The molecular formula is C29H35ClN4O3S. The van der Waals surface area contributed by atoms with Gasteiger partial charge in [-0.2, -0.15) is 0 Å². The van der Waals surface area contributed by atoms with E-state index in [1.807, 2.05) is 54.3 Å². The molecule has 202 valence electrons. The maximum atomic E-state index is 13.7. The molecule has 0 radical (unpaired) electrons. The van der Waals surface area contributed by atoms with Gasteiger partial charge in [-0.25, -0.2) is 4.79 Å². The molecule has 1 fully saturated rings. The molecule has 2 heterocycles. The van der Waals surface area contributed by atoms with Crippen LogP contribution in [0, 0.1) is 13.8 Å². The molecule has 0 unspecified atom stereocenters. The van der Waals surface area contributed by atoms with Gasteiger partial charge in [-0.1, -0.05) is 48.0 Å². The summed E-state index contributed by atoms with van der Waals surface area (Å²) in [6.45, 7) is 9.01. The van der Waals surface area contributed by atoms with E-state index in [4.69, 9.17) is 16.3 Å². The first-order valence-electron chi connectivity index (χ1n) is 12.9. The van der Waals surface area contributed by atoms with E-state index >= 15 is 0 Å². The van der Waals surface area contributed by atoms with Crippen molar-refractivity contribution >= 4 is 40.6 Å². The van der Waals surface area contributed by atoms with Crippen molar-refractivity contribution in [3.63, 3.8) is 0 Å². The predicted molar refractivity (Wildman–Crippen MR) is 154 cm³/mol. The van der Waals surface area contributed by atoms with Crippen LogP contribution in [0.5, 0.6) is 0 Å². The van der Waals surface area contributed by atoms with Gasteiger partial charge in [0, 0.05) is 53.2 Å². The Hall–Kier alpha value is -2.91. The van der Waals surface area contributed by atoms with Gasteiger partial charge in [0.1, 0.15) is 6.54 Å². The number of carbonyl (C=O) groups is 2. The number of ether oxygens (including phenoxy) is 1. The monoisotopic (exact) mass is 554 g/mol. The summed E-state index contributed by atoms with van der Waals surface area (Å²) in [6.07, 6.45) is 0. The van der Waals surface area contributed by atoms with Gasteiger partial charge in [-0.15, -0.1) is 11.3 Å². The molecule has 4 rings (SSSR count). The molecule has 38 heavy (non-hydrogen) atoms. The summed E-state index contributed by atoms with van der Waals surface area (Å²) in [5.41, 5.74) is 2.58. The Labute approximate surface area is 233 Å². The minimum absolute atomic E-state index is 0.0209. The molecule has 7 nitrogen and oxygen atoms in total. The van der Waals surface area contributed by atoms with Crippen molar-refractivity contribution in [2.24, 2.45) is 0 Å². The Kier molecular flexibility index (Phi) is 10.2. The second kappa shape index (κ2) is 13.8. The zero-order valence-electron chi connectivity index (χ0n) is 22.0. The van der Waals surface area contributed by atoms with E-state index < -0.39 is 0 Å². The highest BCUT2D eigenvalue weighted by Gasteiger charge is 2.24. The minimum Gasteiger partial charge on any atom is -0.379 e. The zero-order chi connectivity index (χ0) is 26.9. The molecule has 0 aliphatic carbocycles. The number of amides is 3. The second-order valence-electron chi connectivity index (χ2n) is 9.52. The maximum absolute atomic E-state index is 13.7. The fraction of sp³-hybridized carbons (Fsp3) is 0.379. The first kappa shape index (κ1) is 28.1. The van der Waals surface area contributed by atoms with E-state index in [0.717, 1.165) is 29.1 Å². The Balaban J connectivity index is 1.50. The van der Waals surface area contributed by atoms with Crippen molar-refractivity contribution in [1.29, 1.82) is 0 Å². The standard InChI is InChI=1S/C29H35ClN4O3S/c1-22-8-10-25(18-27(22)30)31-29(36)33(13-12-32-14-16-37-17-15-32)21-28(35)34(19-24-6-4-3-5-7-24)20-26-11-9-23(2)38-26/h3-11,18H,12-17,19-21H2,1-2H3,(H,31,36). The summed E-state index contributed by atoms with van der Waals surface area (Å²) in [5.74, 6) is -0.0982. The van der Waals surface area contributed by atoms with E-state index in [9.17, 15) is 9.59 Å². The summed E-state index contributed by atoms with van der Waals surface area (Å²) < 4.78 is 5.46. The van der Waals surface area contributed by atoms with Crippen LogP contribution in [0.1, 0.15) is 20.9 Å². The lowest BCUT2D eigenvalue weighted by molar-refractivity contribution is -0.133. The van der Waals surface area contributed by atoms with Crippen LogP contribution < -0.4 is 5.32 Å².